The molecule has 2 aromatic carbocycles. The minimum atomic E-state index is -0.625. The molecular formula is C21H27NO4. The zero-order chi connectivity index (χ0) is 18.8. The van der Waals surface area contributed by atoms with E-state index in [2.05, 4.69) is 24.4 Å². The van der Waals surface area contributed by atoms with Crippen LogP contribution in [0.4, 0.5) is 0 Å². The fourth-order valence-corrected chi connectivity index (χ4v) is 2.49. The van der Waals surface area contributed by atoms with Gasteiger partial charge in [0.25, 0.3) is 5.91 Å². The average Bonchev–Trinajstić information content (AvgIpc) is 2.67. The van der Waals surface area contributed by atoms with Crippen LogP contribution in [-0.2, 0) is 11.2 Å². The Labute approximate surface area is 155 Å². The maximum atomic E-state index is 12.1. The van der Waals surface area contributed by atoms with Gasteiger partial charge < -0.3 is 19.5 Å². The second-order valence-electron chi connectivity index (χ2n) is 5.94. The largest absolute Gasteiger partial charge is 0.493 e. The van der Waals surface area contributed by atoms with Crippen molar-refractivity contribution in [3.05, 3.63) is 54.1 Å². The van der Waals surface area contributed by atoms with E-state index >= 15 is 0 Å². The Hall–Kier alpha value is -2.69. The van der Waals surface area contributed by atoms with Crippen LogP contribution in [0.5, 0.6) is 17.2 Å². The van der Waals surface area contributed by atoms with Crippen LogP contribution in [0.25, 0.3) is 0 Å². The standard InChI is InChI=1S/C21H27NO4/c1-4-7-17-10-12-18(13-11-17)25-15-14-22-21(23)16(2)26-20-9-6-5-8-19(20)24-3/h5-6,8-13,16H,4,7,14-15H2,1-3H3,(H,22,23)/t16-/m0/s1. The summed E-state index contributed by atoms with van der Waals surface area (Å²) in [5.41, 5.74) is 1.30. The van der Waals surface area contributed by atoms with Gasteiger partial charge in [0.15, 0.2) is 17.6 Å². The minimum absolute atomic E-state index is 0.196. The van der Waals surface area contributed by atoms with Crippen molar-refractivity contribution in [2.75, 3.05) is 20.3 Å². The molecule has 5 nitrogen and oxygen atoms in total. The average molecular weight is 357 g/mol. The van der Waals surface area contributed by atoms with Gasteiger partial charge in [-0.1, -0.05) is 37.6 Å². The summed E-state index contributed by atoms with van der Waals surface area (Å²) in [5.74, 6) is 1.75. The second-order valence-corrected chi connectivity index (χ2v) is 5.94. The zero-order valence-corrected chi connectivity index (χ0v) is 15.7. The van der Waals surface area contributed by atoms with E-state index in [4.69, 9.17) is 14.2 Å². The molecule has 26 heavy (non-hydrogen) atoms. The highest BCUT2D eigenvalue weighted by Gasteiger charge is 2.16. The number of para-hydroxylation sites is 2. The summed E-state index contributed by atoms with van der Waals surface area (Å²) in [4.78, 5) is 12.1. The van der Waals surface area contributed by atoms with Crippen LogP contribution in [0.2, 0.25) is 0 Å². The maximum Gasteiger partial charge on any atom is 0.260 e. The quantitative estimate of drug-likeness (QED) is 0.660. The number of rotatable bonds is 10. The van der Waals surface area contributed by atoms with E-state index in [0.29, 0.717) is 24.7 Å². The molecule has 0 spiro atoms. The topological polar surface area (TPSA) is 56.8 Å². The fourth-order valence-electron chi connectivity index (χ4n) is 2.49. The molecule has 0 aliphatic carbocycles. The third-order valence-corrected chi connectivity index (χ3v) is 3.87. The summed E-state index contributed by atoms with van der Waals surface area (Å²) >= 11 is 0. The van der Waals surface area contributed by atoms with Gasteiger partial charge in [0.05, 0.1) is 13.7 Å². The SMILES string of the molecule is CCCc1ccc(OCCNC(=O)[C@H](C)Oc2ccccc2OC)cc1. The molecule has 0 unspecified atom stereocenters. The van der Waals surface area contributed by atoms with Gasteiger partial charge in [-0.2, -0.15) is 0 Å². The van der Waals surface area contributed by atoms with Crippen LogP contribution in [0.15, 0.2) is 48.5 Å². The number of hydrogen-bond donors (Lipinski definition) is 1. The molecule has 0 aliphatic rings. The van der Waals surface area contributed by atoms with Gasteiger partial charge >= 0.3 is 0 Å². The van der Waals surface area contributed by atoms with Crippen molar-refractivity contribution >= 4 is 5.91 Å². The monoisotopic (exact) mass is 357 g/mol. The van der Waals surface area contributed by atoms with E-state index in [0.717, 1.165) is 18.6 Å². The molecule has 140 valence electrons. The zero-order valence-electron chi connectivity index (χ0n) is 15.7. The summed E-state index contributed by atoms with van der Waals surface area (Å²) in [7, 11) is 1.57. The van der Waals surface area contributed by atoms with Crippen LogP contribution in [0.3, 0.4) is 0 Å². The van der Waals surface area contributed by atoms with Crippen molar-refractivity contribution in [3.63, 3.8) is 0 Å². The van der Waals surface area contributed by atoms with E-state index in [1.807, 2.05) is 24.3 Å². The lowest BCUT2D eigenvalue weighted by molar-refractivity contribution is -0.127. The van der Waals surface area contributed by atoms with Crippen molar-refractivity contribution in [3.8, 4) is 17.2 Å². The first-order valence-electron chi connectivity index (χ1n) is 8.93. The van der Waals surface area contributed by atoms with Crippen molar-refractivity contribution in [1.29, 1.82) is 0 Å². The van der Waals surface area contributed by atoms with E-state index < -0.39 is 6.10 Å². The number of benzene rings is 2. The predicted octanol–water partition coefficient (Wildman–Crippen LogP) is 3.61. The smallest absolute Gasteiger partial charge is 0.260 e. The number of amides is 1. The highest BCUT2D eigenvalue weighted by molar-refractivity contribution is 5.80. The number of carbonyl (C=O) groups excluding carboxylic acids is 1. The molecule has 0 radical (unpaired) electrons. The Morgan fingerprint density at radius 3 is 2.42 bits per heavy atom. The molecule has 2 rings (SSSR count). The molecule has 2 aromatic rings. The first-order valence-corrected chi connectivity index (χ1v) is 8.93. The van der Waals surface area contributed by atoms with E-state index in [1.165, 1.54) is 5.56 Å². The van der Waals surface area contributed by atoms with E-state index in [1.54, 1.807) is 26.2 Å². The van der Waals surface area contributed by atoms with Gasteiger partial charge in [0, 0.05) is 0 Å². The number of methoxy groups -OCH3 is 1. The number of nitrogens with one attached hydrogen (secondary N) is 1. The van der Waals surface area contributed by atoms with Crippen molar-refractivity contribution in [1.82, 2.24) is 5.32 Å². The lowest BCUT2D eigenvalue weighted by Gasteiger charge is -2.16. The Morgan fingerprint density at radius 2 is 1.77 bits per heavy atom. The predicted molar refractivity (Wildman–Crippen MR) is 102 cm³/mol. The molecule has 0 saturated carbocycles. The summed E-state index contributed by atoms with van der Waals surface area (Å²) in [6, 6.07) is 15.3. The second kappa shape index (κ2) is 10.3. The van der Waals surface area contributed by atoms with Gasteiger partial charge in [-0.05, 0) is 43.2 Å². The number of carbonyl (C=O) groups is 1. The van der Waals surface area contributed by atoms with Crippen molar-refractivity contribution < 1.29 is 19.0 Å². The van der Waals surface area contributed by atoms with Gasteiger partial charge in [-0.15, -0.1) is 0 Å². The summed E-state index contributed by atoms with van der Waals surface area (Å²) in [5, 5.41) is 2.81. The maximum absolute atomic E-state index is 12.1. The molecule has 0 bridgehead atoms. The highest BCUT2D eigenvalue weighted by atomic mass is 16.5. The summed E-state index contributed by atoms with van der Waals surface area (Å²) < 4.78 is 16.5. The van der Waals surface area contributed by atoms with Gasteiger partial charge in [-0.25, -0.2) is 0 Å². The molecule has 1 amide bonds. The number of aryl methyl sites for hydroxylation is 1. The molecule has 5 heteroatoms. The Balaban J connectivity index is 1.72. The summed E-state index contributed by atoms with van der Waals surface area (Å²) in [6.45, 7) is 4.68. The molecule has 1 N–H and O–H groups in total. The summed E-state index contributed by atoms with van der Waals surface area (Å²) in [6.07, 6.45) is 1.57. The lowest BCUT2D eigenvalue weighted by atomic mass is 10.1. The van der Waals surface area contributed by atoms with Gasteiger partial charge in [0.2, 0.25) is 0 Å². The highest BCUT2D eigenvalue weighted by Crippen LogP contribution is 2.26. The Bertz CT molecular complexity index is 685. The molecule has 0 fully saturated rings. The molecule has 1 atom stereocenters. The Kier molecular flexibility index (Phi) is 7.80. The van der Waals surface area contributed by atoms with Gasteiger partial charge in [-0.3, -0.25) is 4.79 Å². The van der Waals surface area contributed by atoms with Crippen LogP contribution in [-0.4, -0.2) is 32.3 Å². The van der Waals surface area contributed by atoms with Crippen LogP contribution >= 0.6 is 0 Å². The molecule has 0 heterocycles. The Morgan fingerprint density at radius 1 is 1.08 bits per heavy atom. The van der Waals surface area contributed by atoms with Crippen molar-refractivity contribution in [2.24, 2.45) is 0 Å². The molecule has 0 aromatic heterocycles. The normalized spacial score (nSPS) is 11.5. The van der Waals surface area contributed by atoms with Gasteiger partial charge in [0.1, 0.15) is 12.4 Å². The first kappa shape index (κ1) is 19.6. The van der Waals surface area contributed by atoms with Crippen LogP contribution in [0.1, 0.15) is 25.8 Å². The fraction of sp³-hybridized carbons (Fsp3) is 0.381. The molecule has 0 aliphatic heterocycles. The molecular weight excluding hydrogens is 330 g/mol. The molecule has 0 saturated heterocycles. The van der Waals surface area contributed by atoms with Crippen LogP contribution in [0, 0.1) is 0 Å². The minimum Gasteiger partial charge on any atom is -0.493 e. The third kappa shape index (κ3) is 5.99. The first-order chi connectivity index (χ1) is 12.6. The number of ether oxygens (including phenoxy) is 3. The van der Waals surface area contributed by atoms with E-state index in [9.17, 15) is 4.79 Å². The van der Waals surface area contributed by atoms with Crippen molar-refractivity contribution in [2.45, 2.75) is 32.8 Å². The van der Waals surface area contributed by atoms with Crippen LogP contribution < -0.4 is 19.5 Å². The third-order valence-electron chi connectivity index (χ3n) is 3.87. The number of hydrogen-bond acceptors (Lipinski definition) is 4. The lowest BCUT2D eigenvalue weighted by Crippen LogP contribution is -2.38. The van der Waals surface area contributed by atoms with E-state index in [-0.39, 0.29) is 5.91 Å².